The Morgan fingerprint density at radius 3 is 2.33 bits per heavy atom. The summed E-state index contributed by atoms with van der Waals surface area (Å²) >= 11 is 0. The van der Waals surface area contributed by atoms with Gasteiger partial charge in [0, 0.05) is 32.1 Å². The number of carboxylic acids is 1. The van der Waals surface area contributed by atoms with Gasteiger partial charge in [-0.2, -0.15) is 0 Å². The zero-order valence-electron chi connectivity index (χ0n) is 22.0. The third kappa shape index (κ3) is 7.22. The lowest BCUT2D eigenvalue weighted by Gasteiger charge is -2.35. The summed E-state index contributed by atoms with van der Waals surface area (Å²) in [5, 5.41) is 9.96. The van der Waals surface area contributed by atoms with Crippen molar-refractivity contribution in [1.29, 1.82) is 0 Å². The summed E-state index contributed by atoms with van der Waals surface area (Å²) in [5.74, 6) is -0.593. The first-order valence-electron chi connectivity index (χ1n) is 13.9. The molecule has 2 heterocycles. The molecular weight excluding hydrogens is 524 g/mol. The average Bonchev–Trinajstić information content (AvgIpc) is 3.65. The van der Waals surface area contributed by atoms with Gasteiger partial charge in [0.15, 0.2) is 0 Å². The Balaban J connectivity index is 1.18. The molecule has 2 N–H and O–H groups in total. The minimum Gasteiger partial charge on any atom is -0.480 e. The van der Waals surface area contributed by atoms with Gasteiger partial charge in [-0.05, 0) is 92.1 Å². The number of likely N-dealkylation sites (tertiary alicyclic amines) is 2. The number of benzene rings is 2. The second-order valence-electron chi connectivity index (χ2n) is 11.5. The fourth-order valence-corrected chi connectivity index (χ4v) is 7.28. The van der Waals surface area contributed by atoms with Crippen molar-refractivity contribution in [2.45, 2.75) is 49.0 Å². The van der Waals surface area contributed by atoms with Gasteiger partial charge in [-0.3, -0.25) is 9.69 Å². The molecule has 3 atom stereocenters. The number of sulfonamides is 1. The first-order chi connectivity index (χ1) is 18.7. The molecule has 2 aromatic carbocycles. The van der Waals surface area contributed by atoms with Gasteiger partial charge < -0.3 is 10.0 Å². The predicted octanol–water partition coefficient (Wildman–Crippen LogP) is 3.92. The van der Waals surface area contributed by atoms with Gasteiger partial charge in [-0.15, -0.1) is 0 Å². The maximum atomic E-state index is 14.1. The smallest absolute Gasteiger partial charge is 0.320 e. The third-order valence-corrected chi connectivity index (χ3v) is 10.1. The van der Waals surface area contributed by atoms with E-state index in [0.717, 1.165) is 63.0 Å². The average molecular weight is 562 g/mol. The Morgan fingerprint density at radius 1 is 0.974 bits per heavy atom. The maximum absolute atomic E-state index is 14.1. The van der Waals surface area contributed by atoms with E-state index in [1.165, 1.54) is 18.2 Å². The van der Waals surface area contributed by atoms with Gasteiger partial charge in [0.2, 0.25) is 10.0 Å². The Hall–Kier alpha value is -2.40. The number of nitrogens with one attached hydrogen (secondary N) is 1. The summed E-state index contributed by atoms with van der Waals surface area (Å²) in [7, 11) is -3.69. The van der Waals surface area contributed by atoms with Crippen LogP contribution in [-0.2, 0) is 14.8 Å². The van der Waals surface area contributed by atoms with Gasteiger partial charge >= 0.3 is 5.97 Å². The summed E-state index contributed by atoms with van der Waals surface area (Å²) in [5.41, 5.74) is 0.920. The quantitative estimate of drug-likeness (QED) is 0.432. The van der Waals surface area contributed by atoms with Crippen molar-refractivity contribution < 1.29 is 27.1 Å². The number of carboxylic acid groups (broad SMARTS) is 1. The molecule has 0 aromatic heterocycles. The number of halogens is 2. The normalized spacial score (nSPS) is 24.2. The summed E-state index contributed by atoms with van der Waals surface area (Å²) < 4.78 is 55.1. The number of aliphatic carboxylic acids is 1. The van der Waals surface area contributed by atoms with Gasteiger partial charge in [0.25, 0.3) is 0 Å². The first kappa shape index (κ1) is 28.1. The topological polar surface area (TPSA) is 89.9 Å². The van der Waals surface area contributed by atoms with E-state index in [9.17, 15) is 27.1 Å². The molecule has 0 bridgehead atoms. The standard InChI is InChI=1S/C29H37F2N3O4S/c30-24-6-8-26(9-7-24)39(37,38)32-16-21-10-12-33(13-11-21)17-23-18-34(28(29(35)36)14-20-4-5-20)19-27(23)22-2-1-3-25(31)15-22/h1-3,6-9,15,20-21,23,27-28,32H,4-5,10-14,16-19H2,(H,35,36)/t23-,27+,28+/m0/s1. The highest BCUT2D eigenvalue weighted by atomic mass is 32.2. The van der Waals surface area contributed by atoms with Crippen LogP contribution in [0.1, 0.15) is 43.6 Å². The Kier molecular flexibility index (Phi) is 8.66. The highest BCUT2D eigenvalue weighted by molar-refractivity contribution is 7.89. The zero-order valence-corrected chi connectivity index (χ0v) is 22.8. The molecule has 0 spiro atoms. The minimum absolute atomic E-state index is 0.0527. The molecule has 3 aliphatic rings. The van der Waals surface area contributed by atoms with E-state index in [4.69, 9.17) is 0 Å². The second kappa shape index (κ2) is 12.0. The van der Waals surface area contributed by atoms with Gasteiger partial charge in [0.05, 0.1) is 4.90 Å². The van der Waals surface area contributed by atoms with Crippen LogP contribution in [-0.4, -0.2) is 74.6 Å². The van der Waals surface area contributed by atoms with Crippen molar-refractivity contribution >= 4 is 16.0 Å². The lowest BCUT2D eigenvalue weighted by molar-refractivity contribution is -0.143. The van der Waals surface area contributed by atoms with Crippen LogP contribution in [0, 0.1) is 29.4 Å². The summed E-state index contributed by atoms with van der Waals surface area (Å²) in [6.45, 7) is 4.04. The SMILES string of the molecule is O=C(O)[C@@H](CC1CC1)N1C[C@H](CN2CCC(CNS(=O)(=O)c3ccc(F)cc3)CC2)[C@@H](c2cccc(F)c2)C1. The zero-order chi connectivity index (χ0) is 27.6. The molecule has 2 saturated heterocycles. The molecule has 39 heavy (non-hydrogen) atoms. The van der Waals surface area contributed by atoms with Gasteiger partial charge in [-0.1, -0.05) is 25.0 Å². The molecule has 2 aliphatic heterocycles. The molecule has 212 valence electrons. The summed E-state index contributed by atoms with van der Waals surface area (Å²) in [6, 6.07) is 11.0. The van der Waals surface area contributed by atoms with E-state index in [2.05, 4.69) is 14.5 Å². The Labute approximate surface area is 229 Å². The fraction of sp³-hybridized carbons (Fsp3) is 0.552. The van der Waals surface area contributed by atoms with Crippen LogP contribution in [0.2, 0.25) is 0 Å². The third-order valence-electron chi connectivity index (χ3n) is 8.61. The highest BCUT2D eigenvalue weighted by Crippen LogP contribution is 2.39. The largest absolute Gasteiger partial charge is 0.480 e. The van der Waals surface area contributed by atoms with Crippen molar-refractivity contribution in [3.05, 3.63) is 65.7 Å². The van der Waals surface area contributed by atoms with Crippen LogP contribution >= 0.6 is 0 Å². The fourth-order valence-electron chi connectivity index (χ4n) is 6.16. The van der Waals surface area contributed by atoms with Crippen molar-refractivity contribution in [2.75, 3.05) is 39.3 Å². The van der Waals surface area contributed by atoms with Crippen LogP contribution in [0.5, 0.6) is 0 Å². The monoisotopic (exact) mass is 561 g/mol. The van der Waals surface area contributed by atoms with E-state index in [-0.39, 0.29) is 28.5 Å². The van der Waals surface area contributed by atoms with Crippen LogP contribution in [0.4, 0.5) is 8.78 Å². The van der Waals surface area contributed by atoms with E-state index in [1.54, 1.807) is 12.1 Å². The van der Waals surface area contributed by atoms with Crippen molar-refractivity contribution in [3.8, 4) is 0 Å². The van der Waals surface area contributed by atoms with Crippen molar-refractivity contribution in [3.63, 3.8) is 0 Å². The molecule has 3 fully saturated rings. The molecule has 0 radical (unpaired) electrons. The number of piperidine rings is 1. The summed E-state index contributed by atoms with van der Waals surface area (Å²) in [6.07, 6.45) is 4.56. The Morgan fingerprint density at radius 2 is 1.69 bits per heavy atom. The van der Waals surface area contributed by atoms with E-state index >= 15 is 0 Å². The van der Waals surface area contributed by atoms with Crippen LogP contribution in [0.25, 0.3) is 0 Å². The molecule has 1 aliphatic carbocycles. The van der Waals surface area contributed by atoms with Crippen LogP contribution in [0.3, 0.4) is 0 Å². The maximum Gasteiger partial charge on any atom is 0.320 e. The van der Waals surface area contributed by atoms with E-state index in [0.29, 0.717) is 32.0 Å². The number of nitrogens with zero attached hydrogens (tertiary/aromatic N) is 2. The van der Waals surface area contributed by atoms with Gasteiger partial charge in [0.1, 0.15) is 17.7 Å². The molecule has 7 nitrogen and oxygen atoms in total. The van der Waals surface area contributed by atoms with Crippen molar-refractivity contribution in [2.24, 2.45) is 17.8 Å². The highest BCUT2D eigenvalue weighted by Gasteiger charge is 2.42. The number of rotatable bonds is 11. The number of carbonyl (C=O) groups is 1. The van der Waals surface area contributed by atoms with Crippen LogP contribution < -0.4 is 4.72 Å². The van der Waals surface area contributed by atoms with Crippen molar-refractivity contribution in [1.82, 2.24) is 14.5 Å². The molecule has 10 heteroatoms. The molecule has 2 aromatic rings. The molecular formula is C29H37F2N3O4S. The molecule has 0 amide bonds. The number of hydrogen-bond donors (Lipinski definition) is 2. The lowest BCUT2D eigenvalue weighted by atomic mass is 9.87. The molecule has 5 rings (SSSR count). The molecule has 0 unspecified atom stereocenters. The first-order valence-corrected chi connectivity index (χ1v) is 15.4. The second-order valence-corrected chi connectivity index (χ2v) is 13.2. The Bertz CT molecular complexity index is 1250. The predicted molar refractivity (Wildman–Crippen MR) is 144 cm³/mol. The number of hydrogen-bond acceptors (Lipinski definition) is 5. The van der Waals surface area contributed by atoms with Gasteiger partial charge in [-0.25, -0.2) is 21.9 Å². The lowest BCUT2D eigenvalue weighted by Crippen LogP contribution is -2.42. The van der Waals surface area contributed by atoms with E-state index in [1.807, 2.05) is 6.07 Å². The molecule has 1 saturated carbocycles. The van der Waals surface area contributed by atoms with E-state index < -0.39 is 27.9 Å². The minimum atomic E-state index is -3.69. The van der Waals surface area contributed by atoms with Crippen LogP contribution in [0.15, 0.2) is 53.4 Å². The summed E-state index contributed by atoms with van der Waals surface area (Å²) in [4.78, 5) is 16.7.